The minimum atomic E-state index is -0.502. The van der Waals surface area contributed by atoms with Crippen LogP contribution in [0.1, 0.15) is 11.1 Å². The third-order valence-corrected chi connectivity index (χ3v) is 2.54. The summed E-state index contributed by atoms with van der Waals surface area (Å²) >= 11 is 0. The Morgan fingerprint density at radius 3 is 2.65 bits per heavy atom. The van der Waals surface area contributed by atoms with Crippen molar-refractivity contribution in [3.8, 4) is 17.6 Å². The van der Waals surface area contributed by atoms with Crippen LogP contribution in [-0.4, -0.2) is 11.7 Å². The van der Waals surface area contributed by atoms with Gasteiger partial charge in [0.15, 0.2) is 0 Å². The SMILES string of the molecule is OCC#Cc1cc(F)cc(OCc2ccccc2F)c1. The number of hydrogen-bond acceptors (Lipinski definition) is 2. The van der Waals surface area contributed by atoms with Gasteiger partial charge in [-0.05, 0) is 18.2 Å². The highest BCUT2D eigenvalue weighted by Gasteiger charge is 2.04. The average molecular weight is 274 g/mol. The molecular formula is C16H12F2O2. The molecule has 2 nitrogen and oxygen atoms in total. The zero-order chi connectivity index (χ0) is 14.4. The fourth-order valence-electron chi connectivity index (χ4n) is 1.64. The van der Waals surface area contributed by atoms with E-state index in [1.54, 1.807) is 18.2 Å². The highest BCUT2D eigenvalue weighted by Crippen LogP contribution is 2.18. The average Bonchev–Trinajstić information content (AvgIpc) is 2.44. The van der Waals surface area contributed by atoms with Crippen LogP contribution in [0.15, 0.2) is 42.5 Å². The first-order valence-electron chi connectivity index (χ1n) is 5.95. The number of hydrogen-bond donors (Lipinski definition) is 1. The first-order valence-corrected chi connectivity index (χ1v) is 5.95. The second-order valence-corrected chi connectivity index (χ2v) is 4.02. The molecule has 0 aliphatic carbocycles. The fourth-order valence-corrected chi connectivity index (χ4v) is 1.64. The van der Waals surface area contributed by atoms with Gasteiger partial charge in [-0.15, -0.1) is 0 Å². The Hall–Kier alpha value is -2.38. The molecule has 20 heavy (non-hydrogen) atoms. The van der Waals surface area contributed by atoms with Crippen LogP contribution >= 0.6 is 0 Å². The van der Waals surface area contributed by atoms with Gasteiger partial charge in [0, 0.05) is 17.2 Å². The molecule has 0 aliphatic heterocycles. The molecule has 102 valence electrons. The number of halogens is 2. The summed E-state index contributed by atoms with van der Waals surface area (Å²) in [7, 11) is 0. The normalized spacial score (nSPS) is 9.75. The van der Waals surface area contributed by atoms with Crippen LogP contribution in [0.2, 0.25) is 0 Å². The van der Waals surface area contributed by atoms with Crippen LogP contribution in [0, 0.1) is 23.5 Å². The molecule has 0 spiro atoms. The monoisotopic (exact) mass is 274 g/mol. The van der Waals surface area contributed by atoms with Crippen molar-refractivity contribution < 1.29 is 18.6 Å². The Morgan fingerprint density at radius 1 is 1.10 bits per heavy atom. The first kappa shape index (κ1) is 14.0. The molecule has 0 unspecified atom stereocenters. The number of rotatable bonds is 3. The second kappa shape index (κ2) is 6.69. The van der Waals surface area contributed by atoms with Crippen molar-refractivity contribution >= 4 is 0 Å². The standard InChI is InChI=1S/C16H12F2O2/c17-14-8-12(4-3-7-19)9-15(10-14)20-11-13-5-1-2-6-16(13)18/h1-2,5-6,8-10,19H,7,11H2. The molecule has 0 fully saturated rings. The highest BCUT2D eigenvalue weighted by atomic mass is 19.1. The Morgan fingerprint density at radius 2 is 1.90 bits per heavy atom. The van der Waals surface area contributed by atoms with Gasteiger partial charge in [0.1, 0.15) is 30.6 Å². The van der Waals surface area contributed by atoms with E-state index in [2.05, 4.69) is 11.8 Å². The summed E-state index contributed by atoms with van der Waals surface area (Å²) in [5.74, 6) is 4.40. The van der Waals surface area contributed by atoms with Crippen molar-refractivity contribution in [2.45, 2.75) is 6.61 Å². The van der Waals surface area contributed by atoms with E-state index in [0.29, 0.717) is 11.1 Å². The van der Waals surface area contributed by atoms with E-state index < -0.39 is 5.82 Å². The van der Waals surface area contributed by atoms with Crippen molar-refractivity contribution in [2.24, 2.45) is 0 Å². The maximum Gasteiger partial charge on any atom is 0.129 e. The smallest absolute Gasteiger partial charge is 0.129 e. The first-order chi connectivity index (χ1) is 9.69. The predicted octanol–water partition coefficient (Wildman–Crippen LogP) is 2.89. The Kier molecular flexibility index (Phi) is 4.70. The molecule has 0 aliphatic rings. The topological polar surface area (TPSA) is 29.5 Å². The molecule has 1 N–H and O–H groups in total. The highest BCUT2D eigenvalue weighted by molar-refractivity contribution is 5.40. The maximum absolute atomic E-state index is 13.4. The lowest BCUT2D eigenvalue weighted by Crippen LogP contribution is -1.99. The van der Waals surface area contributed by atoms with Crippen LogP contribution in [0.5, 0.6) is 5.75 Å². The van der Waals surface area contributed by atoms with Gasteiger partial charge >= 0.3 is 0 Å². The summed E-state index contributed by atoms with van der Waals surface area (Å²) < 4.78 is 32.2. The summed E-state index contributed by atoms with van der Waals surface area (Å²) in [6.45, 7) is -0.301. The third-order valence-electron chi connectivity index (χ3n) is 2.54. The second-order valence-electron chi connectivity index (χ2n) is 4.02. The molecule has 0 bridgehead atoms. The largest absolute Gasteiger partial charge is 0.489 e. The molecule has 0 saturated heterocycles. The van der Waals surface area contributed by atoms with Crippen LogP contribution in [0.3, 0.4) is 0 Å². The molecule has 0 atom stereocenters. The van der Waals surface area contributed by atoms with Crippen LogP contribution in [-0.2, 0) is 6.61 Å². The zero-order valence-electron chi connectivity index (χ0n) is 10.6. The van der Waals surface area contributed by atoms with Crippen molar-refractivity contribution in [1.82, 2.24) is 0 Å². The predicted molar refractivity (Wildman–Crippen MR) is 71.1 cm³/mol. The Balaban J connectivity index is 2.13. The quantitative estimate of drug-likeness (QED) is 0.872. The summed E-state index contributed by atoms with van der Waals surface area (Å²) in [5, 5.41) is 8.61. The van der Waals surface area contributed by atoms with Crippen LogP contribution in [0.4, 0.5) is 8.78 Å². The summed E-state index contributed by atoms with van der Waals surface area (Å²) in [6.07, 6.45) is 0. The molecule has 0 heterocycles. The molecule has 0 amide bonds. The Labute approximate surface area is 115 Å². The van der Waals surface area contributed by atoms with Crippen molar-refractivity contribution in [3.63, 3.8) is 0 Å². The van der Waals surface area contributed by atoms with Gasteiger partial charge in [0.25, 0.3) is 0 Å². The van der Waals surface area contributed by atoms with Crippen molar-refractivity contribution in [3.05, 3.63) is 65.2 Å². The maximum atomic E-state index is 13.4. The molecule has 2 aromatic rings. The van der Waals surface area contributed by atoms with Crippen LogP contribution < -0.4 is 4.74 Å². The summed E-state index contributed by atoms with van der Waals surface area (Å²) in [4.78, 5) is 0. The fraction of sp³-hybridized carbons (Fsp3) is 0.125. The minimum absolute atomic E-state index is 0.00297. The molecule has 0 radical (unpaired) electrons. The van der Waals surface area contributed by atoms with Gasteiger partial charge in [-0.3, -0.25) is 0 Å². The van der Waals surface area contributed by atoms with Crippen LogP contribution in [0.25, 0.3) is 0 Å². The molecular weight excluding hydrogens is 262 g/mol. The van der Waals surface area contributed by atoms with Gasteiger partial charge in [-0.2, -0.15) is 0 Å². The van der Waals surface area contributed by atoms with Crippen molar-refractivity contribution in [1.29, 1.82) is 0 Å². The van der Waals surface area contributed by atoms with E-state index in [-0.39, 0.29) is 24.8 Å². The molecule has 4 heteroatoms. The van der Waals surface area contributed by atoms with E-state index in [1.807, 2.05) is 0 Å². The van der Waals surface area contributed by atoms with E-state index in [9.17, 15) is 8.78 Å². The summed E-state index contributed by atoms with van der Waals surface area (Å²) in [5.41, 5.74) is 0.780. The van der Waals surface area contributed by atoms with E-state index in [1.165, 1.54) is 24.3 Å². The Bertz CT molecular complexity index is 657. The lowest BCUT2D eigenvalue weighted by Gasteiger charge is -2.07. The third kappa shape index (κ3) is 3.81. The van der Waals surface area contributed by atoms with E-state index in [0.717, 1.165) is 0 Å². The number of aliphatic hydroxyl groups is 1. The lowest BCUT2D eigenvalue weighted by atomic mass is 10.2. The molecule has 2 rings (SSSR count). The molecule has 2 aromatic carbocycles. The van der Waals surface area contributed by atoms with E-state index in [4.69, 9.17) is 9.84 Å². The van der Waals surface area contributed by atoms with E-state index >= 15 is 0 Å². The number of benzene rings is 2. The lowest BCUT2D eigenvalue weighted by molar-refractivity contribution is 0.298. The summed E-state index contributed by atoms with van der Waals surface area (Å²) in [6, 6.07) is 10.2. The zero-order valence-corrected chi connectivity index (χ0v) is 10.6. The van der Waals surface area contributed by atoms with Gasteiger partial charge < -0.3 is 9.84 Å². The molecule has 0 aromatic heterocycles. The minimum Gasteiger partial charge on any atom is -0.489 e. The molecule has 0 saturated carbocycles. The van der Waals surface area contributed by atoms with Gasteiger partial charge in [0.2, 0.25) is 0 Å². The van der Waals surface area contributed by atoms with Gasteiger partial charge in [0.05, 0.1) is 0 Å². The number of ether oxygens (including phenoxy) is 1. The van der Waals surface area contributed by atoms with Crippen molar-refractivity contribution in [2.75, 3.05) is 6.61 Å². The number of aliphatic hydroxyl groups excluding tert-OH is 1. The van der Waals surface area contributed by atoms with Gasteiger partial charge in [-0.1, -0.05) is 30.0 Å². The van der Waals surface area contributed by atoms with Gasteiger partial charge in [-0.25, -0.2) is 8.78 Å².